The predicted octanol–water partition coefficient (Wildman–Crippen LogP) is 3.46. The summed E-state index contributed by atoms with van der Waals surface area (Å²) in [5.74, 6) is 1.01. The van der Waals surface area contributed by atoms with Crippen LogP contribution in [0.2, 0.25) is 0 Å². The monoisotopic (exact) mass is 350 g/mol. The molecule has 0 aliphatic heterocycles. The zero-order valence-corrected chi connectivity index (χ0v) is 13.0. The number of anilines is 1. The second kappa shape index (κ2) is 8.01. The van der Waals surface area contributed by atoms with Crippen molar-refractivity contribution in [3.8, 4) is 17.6 Å². The molecule has 1 heterocycles. The van der Waals surface area contributed by atoms with Gasteiger partial charge in [0.1, 0.15) is 11.9 Å². The van der Waals surface area contributed by atoms with Crippen LogP contribution in [-0.2, 0) is 6.18 Å². The van der Waals surface area contributed by atoms with E-state index in [0.717, 1.165) is 12.3 Å². The number of nitriles is 1. The first kappa shape index (κ1) is 18.1. The van der Waals surface area contributed by atoms with Gasteiger partial charge in [-0.05, 0) is 35.9 Å². The smallest absolute Gasteiger partial charge is 0.417 e. The summed E-state index contributed by atoms with van der Waals surface area (Å²) in [6.45, 7) is -0.106. The SMILES string of the molecule is COc1cc(/C=N/Nc2ccc(C(F)(F)F)cn2)ccc1OCC#N. The van der Waals surface area contributed by atoms with Crippen molar-refractivity contribution in [3.05, 3.63) is 47.7 Å². The van der Waals surface area contributed by atoms with Gasteiger partial charge in [0.15, 0.2) is 18.1 Å². The highest BCUT2D eigenvalue weighted by molar-refractivity contribution is 5.81. The molecule has 2 rings (SSSR count). The van der Waals surface area contributed by atoms with E-state index in [0.29, 0.717) is 17.1 Å². The van der Waals surface area contributed by atoms with Crippen molar-refractivity contribution in [2.75, 3.05) is 19.1 Å². The molecule has 0 radical (unpaired) electrons. The number of rotatable bonds is 6. The maximum absolute atomic E-state index is 12.4. The van der Waals surface area contributed by atoms with Crippen LogP contribution in [0, 0.1) is 11.3 Å². The number of nitrogens with zero attached hydrogens (tertiary/aromatic N) is 3. The van der Waals surface area contributed by atoms with E-state index in [2.05, 4.69) is 15.5 Å². The first-order valence-corrected chi connectivity index (χ1v) is 6.94. The molecule has 1 aromatic heterocycles. The lowest BCUT2D eigenvalue weighted by Crippen LogP contribution is -2.05. The van der Waals surface area contributed by atoms with Crippen molar-refractivity contribution in [3.63, 3.8) is 0 Å². The molecule has 130 valence electrons. The van der Waals surface area contributed by atoms with Crippen LogP contribution in [0.4, 0.5) is 19.0 Å². The fourth-order valence-corrected chi connectivity index (χ4v) is 1.79. The average Bonchev–Trinajstić information content (AvgIpc) is 2.60. The lowest BCUT2D eigenvalue weighted by atomic mass is 10.2. The zero-order chi connectivity index (χ0) is 18.3. The molecule has 0 atom stereocenters. The van der Waals surface area contributed by atoms with E-state index in [1.165, 1.54) is 19.4 Å². The molecule has 0 saturated heterocycles. The minimum atomic E-state index is -4.43. The minimum absolute atomic E-state index is 0.106. The minimum Gasteiger partial charge on any atom is -0.493 e. The lowest BCUT2D eigenvalue weighted by Gasteiger charge is -2.08. The molecule has 1 N–H and O–H groups in total. The third-order valence-corrected chi connectivity index (χ3v) is 2.96. The summed E-state index contributed by atoms with van der Waals surface area (Å²) < 4.78 is 47.7. The Labute approximate surface area is 141 Å². The van der Waals surface area contributed by atoms with E-state index in [1.807, 2.05) is 6.07 Å². The Hall–Kier alpha value is -3.28. The van der Waals surface area contributed by atoms with Crippen LogP contribution >= 0.6 is 0 Å². The Morgan fingerprint density at radius 1 is 1.28 bits per heavy atom. The largest absolute Gasteiger partial charge is 0.493 e. The van der Waals surface area contributed by atoms with Crippen molar-refractivity contribution in [1.82, 2.24) is 4.98 Å². The number of benzene rings is 1. The van der Waals surface area contributed by atoms with Gasteiger partial charge in [-0.3, -0.25) is 5.43 Å². The Morgan fingerprint density at radius 3 is 2.68 bits per heavy atom. The molecule has 0 aliphatic rings. The van der Waals surface area contributed by atoms with Crippen LogP contribution in [0.5, 0.6) is 11.5 Å². The summed E-state index contributed by atoms with van der Waals surface area (Å²) in [5, 5.41) is 12.4. The molecule has 0 fully saturated rings. The van der Waals surface area contributed by atoms with E-state index in [9.17, 15) is 13.2 Å². The van der Waals surface area contributed by atoms with E-state index in [-0.39, 0.29) is 12.4 Å². The van der Waals surface area contributed by atoms with Crippen LogP contribution in [0.25, 0.3) is 0 Å². The fourth-order valence-electron chi connectivity index (χ4n) is 1.79. The van der Waals surface area contributed by atoms with Gasteiger partial charge < -0.3 is 9.47 Å². The van der Waals surface area contributed by atoms with Crippen molar-refractivity contribution in [2.45, 2.75) is 6.18 Å². The molecular formula is C16H13F3N4O2. The van der Waals surface area contributed by atoms with Gasteiger partial charge in [-0.2, -0.15) is 23.5 Å². The number of aromatic nitrogens is 1. The van der Waals surface area contributed by atoms with Crippen LogP contribution in [0.1, 0.15) is 11.1 Å². The second-order valence-electron chi connectivity index (χ2n) is 4.66. The van der Waals surface area contributed by atoms with Gasteiger partial charge in [0.25, 0.3) is 0 Å². The van der Waals surface area contributed by atoms with Gasteiger partial charge >= 0.3 is 6.18 Å². The molecule has 9 heteroatoms. The van der Waals surface area contributed by atoms with E-state index in [4.69, 9.17) is 14.7 Å². The molecule has 0 aliphatic carbocycles. The highest BCUT2D eigenvalue weighted by atomic mass is 19.4. The van der Waals surface area contributed by atoms with E-state index < -0.39 is 11.7 Å². The Morgan fingerprint density at radius 2 is 2.08 bits per heavy atom. The quantitative estimate of drug-likeness (QED) is 0.637. The third-order valence-electron chi connectivity index (χ3n) is 2.96. The number of halogens is 3. The summed E-state index contributed by atoms with van der Waals surface area (Å²) in [5.41, 5.74) is 2.35. The molecular weight excluding hydrogens is 337 g/mol. The molecule has 0 unspecified atom stereocenters. The van der Waals surface area contributed by atoms with Crippen molar-refractivity contribution in [2.24, 2.45) is 5.10 Å². The fraction of sp³-hybridized carbons (Fsp3) is 0.188. The highest BCUT2D eigenvalue weighted by Crippen LogP contribution is 2.29. The van der Waals surface area contributed by atoms with Gasteiger partial charge in [-0.15, -0.1) is 0 Å². The molecule has 1 aromatic carbocycles. The van der Waals surface area contributed by atoms with Crippen LogP contribution in [0.15, 0.2) is 41.6 Å². The number of ether oxygens (including phenoxy) is 2. The Kier molecular flexibility index (Phi) is 5.79. The van der Waals surface area contributed by atoms with Gasteiger partial charge in [0, 0.05) is 6.20 Å². The normalized spacial score (nSPS) is 11.2. The molecule has 25 heavy (non-hydrogen) atoms. The zero-order valence-electron chi connectivity index (χ0n) is 13.0. The predicted molar refractivity (Wildman–Crippen MR) is 84.6 cm³/mol. The topological polar surface area (TPSA) is 79.5 Å². The third kappa shape index (κ3) is 5.10. The number of pyridine rings is 1. The maximum atomic E-state index is 12.4. The van der Waals surface area contributed by atoms with Crippen LogP contribution in [-0.4, -0.2) is 24.9 Å². The number of nitrogens with one attached hydrogen (secondary N) is 1. The Bertz CT molecular complexity index is 783. The highest BCUT2D eigenvalue weighted by Gasteiger charge is 2.30. The van der Waals surface area contributed by atoms with Gasteiger partial charge in [-0.1, -0.05) is 0 Å². The van der Waals surface area contributed by atoms with Gasteiger partial charge in [0.05, 0.1) is 18.9 Å². The molecule has 0 amide bonds. The maximum Gasteiger partial charge on any atom is 0.417 e. The standard InChI is InChI=1S/C16H13F3N4O2/c1-24-14-8-11(2-4-13(14)25-7-6-20)9-22-23-15-5-3-12(10-21-15)16(17,18)19/h2-5,8-10H,7H2,1H3,(H,21,23)/b22-9+. The van der Waals surface area contributed by atoms with Crippen molar-refractivity contribution in [1.29, 1.82) is 5.26 Å². The summed E-state index contributed by atoms with van der Waals surface area (Å²) in [4.78, 5) is 3.64. The summed E-state index contributed by atoms with van der Waals surface area (Å²) in [7, 11) is 1.46. The molecule has 0 bridgehead atoms. The molecule has 2 aromatic rings. The van der Waals surface area contributed by atoms with Crippen LogP contribution in [0.3, 0.4) is 0 Å². The first-order valence-electron chi connectivity index (χ1n) is 6.94. The number of alkyl halides is 3. The summed E-state index contributed by atoms with van der Waals surface area (Å²) in [6.07, 6.45) is -2.27. The molecule has 6 nitrogen and oxygen atoms in total. The second-order valence-corrected chi connectivity index (χ2v) is 4.66. The van der Waals surface area contributed by atoms with Crippen molar-refractivity contribution < 1.29 is 22.6 Å². The van der Waals surface area contributed by atoms with E-state index >= 15 is 0 Å². The van der Waals surface area contributed by atoms with E-state index in [1.54, 1.807) is 18.2 Å². The summed E-state index contributed by atoms with van der Waals surface area (Å²) >= 11 is 0. The molecule has 0 saturated carbocycles. The number of hydrogen-bond donors (Lipinski definition) is 1. The van der Waals surface area contributed by atoms with Gasteiger partial charge in [0.2, 0.25) is 0 Å². The average molecular weight is 350 g/mol. The van der Waals surface area contributed by atoms with Crippen molar-refractivity contribution >= 4 is 12.0 Å². The molecule has 0 spiro atoms. The Balaban J connectivity index is 2.03. The van der Waals surface area contributed by atoms with Crippen LogP contribution < -0.4 is 14.9 Å². The lowest BCUT2D eigenvalue weighted by molar-refractivity contribution is -0.137. The first-order chi connectivity index (χ1) is 11.9. The van der Waals surface area contributed by atoms with Gasteiger partial charge in [-0.25, -0.2) is 4.98 Å². The number of hydrazone groups is 1. The summed E-state index contributed by atoms with van der Waals surface area (Å²) in [6, 6.07) is 8.89. The number of hydrogen-bond acceptors (Lipinski definition) is 6. The number of methoxy groups -OCH3 is 1.